The van der Waals surface area contributed by atoms with E-state index in [1.54, 1.807) is 0 Å². The summed E-state index contributed by atoms with van der Waals surface area (Å²) in [6, 6.07) is 9.12. The van der Waals surface area contributed by atoms with Crippen molar-refractivity contribution in [3.05, 3.63) is 46.5 Å². The number of hydrogen-bond acceptors (Lipinski definition) is 8. The number of fused-ring (bicyclic) bond motifs is 1. The van der Waals surface area contributed by atoms with Crippen molar-refractivity contribution in [3.63, 3.8) is 0 Å². The number of hydrogen-bond donors (Lipinski definition) is 1. The maximum atomic E-state index is 12.3. The number of nitrogens with one attached hydrogen (secondary N) is 1. The molecule has 3 heterocycles. The number of amides is 1. The number of ether oxygens (including phenoxy) is 4. The van der Waals surface area contributed by atoms with Crippen LogP contribution in [0.1, 0.15) is 22.6 Å². The van der Waals surface area contributed by atoms with Gasteiger partial charge in [0.05, 0.1) is 24.9 Å². The number of aromatic nitrogens is 1. The molecule has 1 aromatic heterocycles. The Morgan fingerprint density at radius 1 is 1.24 bits per heavy atom. The van der Waals surface area contributed by atoms with Crippen molar-refractivity contribution >= 4 is 17.4 Å². The first kappa shape index (κ1) is 24.7. The molecule has 1 N–H and O–H groups in total. The lowest BCUT2D eigenvalue weighted by Gasteiger charge is -2.32. The highest BCUT2D eigenvalue weighted by Gasteiger charge is 2.30. The van der Waals surface area contributed by atoms with E-state index in [1.807, 2.05) is 30.3 Å². The Labute approximate surface area is 199 Å². The molecule has 0 unspecified atom stereocenters. The molecule has 0 radical (unpaired) electrons. The summed E-state index contributed by atoms with van der Waals surface area (Å²) < 4.78 is 58.5. The average molecular weight is 502 g/mol. The standard InChI is InChI=1S/C22H26F3N3O5S/c23-22(24,25)14-33-21-27-17-10-28(8-6-18(17)34-21)9-7-19-30-12-16(13-31-19)26-20(29)32-11-15-4-2-1-3-5-15/h1-5,16,19H,6-14H2,(H,26,29)/t16-,19-. The molecule has 2 aliphatic heterocycles. The van der Waals surface area contributed by atoms with Crippen LogP contribution in [0.4, 0.5) is 18.0 Å². The van der Waals surface area contributed by atoms with Crippen molar-refractivity contribution in [3.8, 4) is 5.19 Å². The van der Waals surface area contributed by atoms with Crippen LogP contribution in [0.15, 0.2) is 30.3 Å². The summed E-state index contributed by atoms with van der Waals surface area (Å²) in [4.78, 5) is 19.3. The Bertz CT molecular complexity index is 936. The van der Waals surface area contributed by atoms with Gasteiger partial charge in [-0.05, 0) is 12.0 Å². The Kier molecular flexibility index (Phi) is 8.24. The van der Waals surface area contributed by atoms with Gasteiger partial charge in [-0.3, -0.25) is 4.90 Å². The number of nitrogens with zero attached hydrogens (tertiary/aromatic N) is 2. The first-order valence-corrected chi connectivity index (χ1v) is 11.8. The van der Waals surface area contributed by atoms with E-state index in [2.05, 4.69) is 15.2 Å². The molecule has 1 amide bonds. The van der Waals surface area contributed by atoms with Crippen LogP contribution in [-0.4, -0.2) is 67.4 Å². The van der Waals surface area contributed by atoms with Crippen molar-refractivity contribution in [2.24, 2.45) is 0 Å². The van der Waals surface area contributed by atoms with E-state index in [9.17, 15) is 18.0 Å². The molecule has 1 aromatic carbocycles. The number of alkyl carbamates (subject to hydrolysis) is 1. The van der Waals surface area contributed by atoms with E-state index in [4.69, 9.17) is 18.9 Å². The van der Waals surface area contributed by atoms with Crippen molar-refractivity contribution in [1.29, 1.82) is 0 Å². The van der Waals surface area contributed by atoms with Crippen LogP contribution < -0.4 is 10.1 Å². The Morgan fingerprint density at radius 3 is 2.74 bits per heavy atom. The number of alkyl halides is 3. The molecule has 1 saturated heterocycles. The third-order valence-electron chi connectivity index (χ3n) is 5.33. The average Bonchev–Trinajstić information content (AvgIpc) is 3.24. The molecule has 0 aliphatic carbocycles. The van der Waals surface area contributed by atoms with Crippen LogP contribution in [0.25, 0.3) is 0 Å². The number of halogens is 3. The second-order valence-corrected chi connectivity index (χ2v) is 9.11. The molecular weight excluding hydrogens is 475 g/mol. The second-order valence-electron chi connectivity index (χ2n) is 8.07. The Hall–Kier alpha value is -2.41. The third-order valence-corrected chi connectivity index (χ3v) is 6.40. The minimum absolute atomic E-state index is 0.0592. The summed E-state index contributed by atoms with van der Waals surface area (Å²) in [6.07, 6.45) is -3.95. The molecule has 0 saturated carbocycles. The fourth-order valence-corrected chi connectivity index (χ4v) is 4.54. The van der Waals surface area contributed by atoms with Gasteiger partial charge in [0.25, 0.3) is 5.19 Å². The summed E-state index contributed by atoms with van der Waals surface area (Å²) in [5.74, 6) is 0. The molecule has 8 nitrogen and oxygen atoms in total. The highest BCUT2D eigenvalue weighted by molar-refractivity contribution is 7.13. The molecule has 0 bridgehead atoms. The molecule has 2 aromatic rings. The van der Waals surface area contributed by atoms with Crippen LogP contribution in [0, 0.1) is 0 Å². The van der Waals surface area contributed by atoms with Crippen molar-refractivity contribution in [1.82, 2.24) is 15.2 Å². The molecule has 12 heteroatoms. The highest BCUT2D eigenvalue weighted by atomic mass is 32.1. The van der Waals surface area contributed by atoms with Gasteiger partial charge in [0.15, 0.2) is 12.9 Å². The van der Waals surface area contributed by atoms with E-state index in [1.165, 1.54) is 11.3 Å². The molecule has 0 atom stereocenters. The summed E-state index contributed by atoms with van der Waals surface area (Å²) in [6.45, 7) is 1.51. The SMILES string of the molecule is O=C(N[C@H]1CO[C@H](CCN2CCc3sc(OCC(F)(F)F)nc3C2)OC1)OCc1ccccc1. The lowest BCUT2D eigenvalue weighted by atomic mass is 10.2. The van der Waals surface area contributed by atoms with Crippen molar-refractivity contribution < 1.29 is 36.9 Å². The minimum atomic E-state index is -4.38. The predicted octanol–water partition coefficient (Wildman–Crippen LogP) is 3.50. The van der Waals surface area contributed by atoms with E-state index in [-0.39, 0.29) is 24.1 Å². The number of rotatable bonds is 8. The number of carbonyl (C=O) groups is 1. The van der Waals surface area contributed by atoms with Gasteiger partial charge in [-0.1, -0.05) is 41.7 Å². The van der Waals surface area contributed by atoms with E-state index in [0.717, 1.165) is 22.7 Å². The van der Waals surface area contributed by atoms with E-state index in [0.29, 0.717) is 39.1 Å². The van der Waals surface area contributed by atoms with Crippen molar-refractivity contribution in [2.75, 3.05) is 32.9 Å². The molecule has 1 fully saturated rings. The number of benzene rings is 1. The maximum absolute atomic E-state index is 12.3. The van der Waals surface area contributed by atoms with Crippen LogP contribution in [0.2, 0.25) is 0 Å². The van der Waals surface area contributed by atoms with E-state index >= 15 is 0 Å². The number of carbonyl (C=O) groups excluding carboxylic acids is 1. The predicted molar refractivity (Wildman–Crippen MR) is 117 cm³/mol. The zero-order valence-electron chi connectivity index (χ0n) is 18.4. The van der Waals surface area contributed by atoms with Gasteiger partial charge in [0.1, 0.15) is 6.61 Å². The van der Waals surface area contributed by atoms with Gasteiger partial charge in [0.2, 0.25) is 0 Å². The summed E-state index contributed by atoms with van der Waals surface area (Å²) in [5.41, 5.74) is 1.67. The lowest BCUT2D eigenvalue weighted by molar-refractivity contribution is -0.192. The zero-order chi connectivity index (χ0) is 24.0. The first-order chi connectivity index (χ1) is 16.3. The van der Waals surface area contributed by atoms with Gasteiger partial charge >= 0.3 is 12.3 Å². The monoisotopic (exact) mass is 501 g/mol. The summed E-state index contributed by atoms with van der Waals surface area (Å²) in [7, 11) is 0. The topological polar surface area (TPSA) is 82.2 Å². The second kappa shape index (κ2) is 11.3. The molecular formula is C22H26F3N3O5S. The van der Waals surface area contributed by atoms with Gasteiger partial charge in [-0.25, -0.2) is 9.78 Å². The highest BCUT2D eigenvalue weighted by Crippen LogP contribution is 2.31. The van der Waals surface area contributed by atoms with E-state index < -0.39 is 18.9 Å². The summed E-state index contributed by atoms with van der Waals surface area (Å²) in [5, 5.41) is 2.80. The van der Waals surface area contributed by atoms with Crippen LogP contribution in [-0.2, 0) is 33.8 Å². The fourth-order valence-electron chi connectivity index (χ4n) is 3.64. The zero-order valence-corrected chi connectivity index (χ0v) is 19.2. The van der Waals surface area contributed by atoms with Gasteiger partial charge in [0, 0.05) is 30.9 Å². The molecule has 34 heavy (non-hydrogen) atoms. The Balaban J connectivity index is 1.13. The van der Waals surface area contributed by atoms with Crippen LogP contribution in [0.3, 0.4) is 0 Å². The van der Waals surface area contributed by atoms with Crippen molar-refractivity contribution in [2.45, 2.75) is 44.5 Å². The Morgan fingerprint density at radius 2 is 2.00 bits per heavy atom. The van der Waals surface area contributed by atoms with Crippen LogP contribution in [0.5, 0.6) is 5.19 Å². The largest absolute Gasteiger partial charge is 0.460 e. The summed E-state index contributed by atoms with van der Waals surface area (Å²) >= 11 is 1.18. The molecule has 186 valence electrons. The van der Waals surface area contributed by atoms with Gasteiger partial charge in [-0.2, -0.15) is 13.2 Å². The molecule has 4 rings (SSSR count). The lowest BCUT2D eigenvalue weighted by Crippen LogP contribution is -2.47. The first-order valence-electron chi connectivity index (χ1n) is 10.9. The van der Waals surface area contributed by atoms with Gasteiger partial charge < -0.3 is 24.3 Å². The molecule has 0 spiro atoms. The van der Waals surface area contributed by atoms with Gasteiger partial charge in [-0.15, -0.1) is 0 Å². The quantitative estimate of drug-likeness (QED) is 0.593. The third kappa shape index (κ3) is 7.55. The smallest absolute Gasteiger partial charge is 0.422 e. The normalized spacial score (nSPS) is 21.0. The minimum Gasteiger partial charge on any atom is -0.460 e. The molecule has 2 aliphatic rings. The van der Waals surface area contributed by atoms with Crippen LogP contribution >= 0.6 is 11.3 Å². The fraction of sp³-hybridized carbons (Fsp3) is 0.545. The maximum Gasteiger partial charge on any atom is 0.422 e. The number of thiazole rings is 1.